The Morgan fingerprint density at radius 2 is 1.86 bits per heavy atom. The molecule has 0 amide bonds. The minimum Gasteiger partial charge on any atom is -0.496 e. The van der Waals surface area contributed by atoms with Crippen molar-refractivity contribution in [1.82, 2.24) is 0 Å². The lowest BCUT2D eigenvalue weighted by Crippen LogP contribution is -1.96. The quantitative estimate of drug-likeness (QED) is 0.838. The van der Waals surface area contributed by atoms with E-state index in [9.17, 15) is 12.8 Å². The van der Waals surface area contributed by atoms with E-state index in [2.05, 4.69) is 0 Å². The molecule has 0 saturated heterocycles. The molecule has 3 nitrogen and oxygen atoms in total. The van der Waals surface area contributed by atoms with Crippen LogP contribution in [0, 0.1) is 5.82 Å². The van der Waals surface area contributed by atoms with E-state index in [-0.39, 0.29) is 15.7 Å². The summed E-state index contributed by atoms with van der Waals surface area (Å²) in [6.45, 7) is 0. The van der Waals surface area contributed by atoms with E-state index in [0.717, 1.165) is 6.26 Å². The summed E-state index contributed by atoms with van der Waals surface area (Å²) < 4.78 is 41.4. The Morgan fingerprint density at radius 3 is 2.43 bits per heavy atom. The maximum atomic E-state index is 13.3. The third-order valence-electron chi connectivity index (χ3n) is 2.68. The van der Waals surface area contributed by atoms with E-state index >= 15 is 0 Å². The van der Waals surface area contributed by atoms with E-state index < -0.39 is 9.84 Å². The van der Waals surface area contributed by atoms with Gasteiger partial charge in [-0.15, -0.1) is 0 Å². The van der Waals surface area contributed by atoms with Gasteiger partial charge in [-0.2, -0.15) is 0 Å². The molecule has 21 heavy (non-hydrogen) atoms. The Morgan fingerprint density at radius 1 is 1.14 bits per heavy atom. The van der Waals surface area contributed by atoms with Crippen LogP contribution in [0.5, 0.6) is 5.75 Å². The molecule has 0 aliphatic heterocycles. The smallest absolute Gasteiger partial charge is 0.175 e. The minimum atomic E-state index is -3.31. The van der Waals surface area contributed by atoms with Crippen molar-refractivity contribution in [3.05, 3.63) is 47.2 Å². The van der Waals surface area contributed by atoms with E-state index in [1.165, 1.54) is 49.2 Å². The number of ether oxygens (including phenoxy) is 1. The molecule has 0 fully saturated rings. The van der Waals surface area contributed by atoms with E-state index in [1.807, 2.05) is 0 Å². The molecule has 0 heterocycles. The minimum absolute atomic E-state index is 0.142. The lowest BCUT2D eigenvalue weighted by molar-refractivity contribution is 0.403. The van der Waals surface area contributed by atoms with Crippen LogP contribution in [0.3, 0.4) is 0 Å². The van der Waals surface area contributed by atoms with Gasteiger partial charge in [0.15, 0.2) is 9.84 Å². The summed E-state index contributed by atoms with van der Waals surface area (Å²) in [6.07, 6.45) is 1.11. The predicted octanol–water partition coefficient (Wildman–Crippen LogP) is 4.04. The van der Waals surface area contributed by atoms with Gasteiger partial charge in [0.2, 0.25) is 0 Å². The van der Waals surface area contributed by atoms with Crippen LogP contribution < -0.4 is 4.74 Å². The lowest BCUT2D eigenvalue weighted by atomic mass is 10.3. The molecule has 7 heteroatoms. The average Bonchev–Trinajstić information content (AvgIpc) is 2.40. The third kappa shape index (κ3) is 3.90. The monoisotopic (exact) mass is 346 g/mol. The highest BCUT2D eigenvalue weighted by Gasteiger charge is 2.13. The fourth-order valence-electron chi connectivity index (χ4n) is 1.64. The fourth-order valence-corrected chi connectivity index (χ4v) is 3.60. The highest BCUT2D eigenvalue weighted by Crippen LogP contribution is 2.39. The first-order valence-corrected chi connectivity index (χ1v) is 8.91. The van der Waals surface area contributed by atoms with Crippen LogP contribution in [0.1, 0.15) is 0 Å². The normalized spacial score (nSPS) is 11.4. The summed E-state index contributed by atoms with van der Waals surface area (Å²) in [7, 11) is -1.82. The summed E-state index contributed by atoms with van der Waals surface area (Å²) in [5.41, 5.74) is 0. The van der Waals surface area contributed by atoms with Crippen molar-refractivity contribution >= 4 is 33.2 Å². The number of hydrogen-bond acceptors (Lipinski definition) is 4. The highest BCUT2D eigenvalue weighted by molar-refractivity contribution is 7.99. The second-order valence-corrected chi connectivity index (χ2v) is 7.77. The second-order valence-electron chi connectivity index (χ2n) is 4.26. The van der Waals surface area contributed by atoms with Gasteiger partial charge in [0, 0.05) is 11.2 Å². The number of hydrogen-bond donors (Lipinski definition) is 0. The van der Waals surface area contributed by atoms with Gasteiger partial charge >= 0.3 is 0 Å². The van der Waals surface area contributed by atoms with E-state index in [1.54, 1.807) is 6.07 Å². The number of halogens is 2. The van der Waals surface area contributed by atoms with Crippen LogP contribution in [0.15, 0.2) is 51.1 Å². The first kappa shape index (κ1) is 16.1. The first-order chi connectivity index (χ1) is 9.81. The average molecular weight is 347 g/mol. The summed E-state index contributed by atoms with van der Waals surface area (Å²) >= 11 is 7.31. The van der Waals surface area contributed by atoms with Crippen LogP contribution in [0.2, 0.25) is 5.02 Å². The molecular formula is C14H12ClFO3S2. The molecule has 0 bridgehead atoms. The van der Waals surface area contributed by atoms with Gasteiger partial charge in [0.25, 0.3) is 0 Å². The second kappa shape index (κ2) is 6.25. The van der Waals surface area contributed by atoms with Crippen molar-refractivity contribution < 1.29 is 17.5 Å². The third-order valence-corrected chi connectivity index (χ3v) is 5.33. The summed E-state index contributed by atoms with van der Waals surface area (Å²) in [5, 5.41) is 0.286. The molecule has 0 aliphatic carbocycles. The van der Waals surface area contributed by atoms with Crippen molar-refractivity contribution in [2.75, 3.05) is 13.4 Å². The Kier molecular flexibility index (Phi) is 4.81. The van der Waals surface area contributed by atoms with Gasteiger partial charge in [0.1, 0.15) is 11.6 Å². The zero-order valence-corrected chi connectivity index (χ0v) is 13.7. The Labute approximate surface area is 132 Å². The summed E-state index contributed by atoms with van der Waals surface area (Å²) in [6, 6.07) is 8.60. The van der Waals surface area contributed by atoms with Crippen molar-refractivity contribution in [3.63, 3.8) is 0 Å². The maximum Gasteiger partial charge on any atom is 0.175 e. The molecule has 0 saturated carbocycles. The Hall–Kier alpha value is -1.24. The standard InChI is InChI=1S/C14H12ClFO3S2/c1-19-12-5-3-9(16)7-14(12)20-13-6-4-10(8-11(13)15)21(2,17)18/h3-8H,1-2H3. The van der Waals surface area contributed by atoms with Crippen LogP contribution >= 0.6 is 23.4 Å². The molecule has 112 valence electrons. The van der Waals surface area contributed by atoms with Crippen molar-refractivity contribution in [2.24, 2.45) is 0 Å². The van der Waals surface area contributed by atoms with Gasteiger partial charge in [-0.3, -0.25) is 0 Å². The summed E-state index contributed by atoms with van der Waals surface area (Å²) in [5.74, 6) is 0.131. The van der Waals surface area contributed by atoms with Crippen molar-refractivity contribution in [1.29, 1.82) is 0 Å². The lowest BCUT2D eigenvalue weighted by Gasteiger charge is -2.10. The number of benzene rings is 2. The summed E-state index contributed by atoms with van der Waals surface area (Å²) in [4.78, 5) is 1.32. The number of methoxy groups -OCH3 is 1. The molecule has 2 rings (SSSR count). The first-order valence-electron chi connectivity index (χ1n) is 5.82. The molecule has 2 aromatic carbocycles. The zero-order chi connectivity index (χ0) is 15.6. The van der Waals surface area contributed by atoms with Gasteiger partial charge in [-0.1, -0.05) is 23.4 Å². The SMILES string of the molecule is COc1ccc(F)cc1Sc1ccc(S(C)(=O)=O)cc1Cl. The van der Waals surface area contributed by atoms with Crippen molar-refractivity contribution in [3.8, 4) is 5.75 Å². The predicted molar refractivity (Wildman–Crippen MR) is 81.6 cm³/mol. The van der Waals surface area contributed by atoms with Gasteiger partial charge < -0.3 is 4.74 Å². The van der Waals surface area contributed by atoms with Crippen molar-refractivity contribution in [2.45, 2.75) is 14.7 Å². The molecule has 0 aliphatic rings. The van der Waals surface area contributed by atoms with Crippen LogP contribution in [-0.4, -0.2) is 21.8 Å². The van der Waals surface area contributed by atoms with E-state index in [0.29, 0.717) is 15.5 Å². The van der Waals surface area contributed by atoms with Gasteiger partial charge in [-0.05, 0) is 36.4 Å². The molecule has 0 aromatic heterocycles. The molecule has 0 unspecified atom stereocenters. The fraction of sp³-hybridized carbons (Fsp3) is 0.143. The molecule has 0 spiro atoms. The van der Waals surface area contributed by atoms with Crippen LogP contribution in [-0.2, 0) is 9.84 Å². The highest BCUT2D eigenvalue weighted by atomic mass is 35.5. The van der Waals surface area contributed by atoms with Crippen LogP contribution in [0.4, 0.5) is 4.39 Å². The zero-order valence-electron chi connectivity index (χ0n) is 11.3. The number of sulfone groups is 1. The van der Waals surface area contributed by atoms with Gasteiger partial charge in [-0.25, -0.2) is 12.8 Å². The Balaban J connectivity index is 2.39. The molecular weight excluding hydrogens is 335 g/mol. The molecule has 0 atom stereocenters. The van der Waals surface area contributed by atoms with E-state index in [4.69, 9.17) is 16.3 Å². The topological polar surface area (TPSA) is 43.4 Å². The van der Waals surface area contributed by atoms with Gasteiger partial charge in [0.05, 0.1) is 21.9 Å². The molecule has 2 aromatic rings. The molecule has 0 radical (unpaired) electrons. The number of rotatable bonds is 4. The molecule has 0 N–H and O–H groups in total. The van der Waals surface area contributed by atoms with Crippen LogP contribution in [0.25, 0.3) is 0 Å². The largest absolute Gasteiger partial charge is 0.496 e. The maximum absolute atomic E-state index is 13.3. The Bertz CT molecular complexity index is 776.